The molecule has 3 nitrogen and oxygen atoms in total. The number of rotatable bonds is 3. The molecule has 1 aliphatic heterocycles. The fourth-order valence-corrected chi connectivity index (χ4v) is 2.93. The molecule has 1 aromatic carbocycles. The van der Waals surface area contributed by atoms with Crippen LogP contribution in [0.15, 0.2) is 24.3 Å². The first kappa shape index (κ1) is 13.2. The molecule has 0 radical (unpaired) electrons. The minimum atomic E-state index is 0.634. The number of piperidine rings is 1. The van der Waals surface area contributed by atoms with Gasteiger partial charge in [0.25, 0.3) is 0 Å². The predicted octanol–water partition coefficient (Wildman–Crippen LogP) is 2.47. The van der Waals surface area contributed by atoms with Crippen molar-refractivity contribution in [2.75, 3.05) is 39.2 Å². The summed E-state index contributed by atoms with van der Waals surface area (Å²) < 4.78 is 5.20. The second kappa shape index (κ2) is 5.61. The van der Waals surface area contributed by atoms with Crippen LogP contribution in [0.3, 0.4) is 0 Å². The lowest BCUT2D eigenvalue weighted by atomic mass is 9.92. The van der Waals surface area contributed by atoms with Gasteiger partial charge in [-0.2, -0.15) is 0 Å². The maximum absolute atomic E-state index is 5.20. The van der Waals surface area contributed by atoms with Crippen LogP contribution in [0.1, 0.15) is 13.3 Å². The molecule has 0 N–H and O–H groups in total. The molecule has 100 valence electrons. The van der Waals surface area contributed by atoms with Crippen molar-refractivity contribution in [3.63, 3.8) is 0 Å². The van der Waals surface area contributed by atoms with E-state index in [1.165, 1.54) is 25.2 Å². The third-order valence-electron chi connectivity index (χ3n) is 4.04. The number of hydrogen-bond acceptors (Lipinski definition) is 3. The maximum Gasteiger partial charge on any atom is 0.119 e. The molecule has 1 saturated heterocycles. The lowest BCUT2D eigenvalue weighted by molar-refractivity contribution is 0.194. The Balaban J connectivity index is 2.07. The van der Waals surface area contributed by atoms with E-state index in [0.717, 1.165) is 5.75 Å². The molecule has 1 fully saturated rings. The molecule has 0 aliphatic carbocycles. The quantitative estimate of drug-likeness (QED) is 0.817. The highest BCUT2D eigenvalue weighted by molar-refractivity contribution is 5.49. The SMILES string of the molecule is COc1ccc(N(C)[C@@H]2CCN(C)C[C@@H]2C)cc1. The van der Waals surface area contributed by atoms with Gasteiger partial charge in [-0.15, -0.1) is 0 Å². The molecule has 2 atom stereocenters. The van der Waals surface area contributed by atoms with E-state index < -0.39 is 0 Å². The largest absolute Gasteiger partial charge is 0.497 e. The highest BCUT2D eigenvalue weighted by atomic mass is 16.5. The van der Waals surface area contributed by atoms with E-state index in [9.17, 15) is 0 Å². The van der Waals surface area contributed by atoms with Gasteiger partial charge in [-0.3, -0.25) is 0 Å². The van der Waals surface area contributed by atoms with Crippen molar-refractivity contribution in [2.24, 2.45) is 5.92 Å². The third-order valence-corrected chi connectivity index (χ3v) is 4.04. The Bertz CT molecular complexity index is 377. The number of likely N-dealkylation sites (tertiary alicyclic amines) is 1. The molecule has 0 bridgehead atoms. The van der Waals surface area contributed by atoms with E-state index in [1.807, 2.05) is 12.1 Å². The average molecular weight is 248 g/mol. The van der Waals surface area contributed by atoms with Gasteiger partial charge in [0.05, 0.1) is 7.11 Å². The van der Waals surface area contributed by atoms with Gasteiger partial charge >= 0.3 is 0 Å². The first-order valence-corrected chi connectivity index (χ1v) is 6.67. The molecule has 0 amide bonds. The molecular formula is C15H24N2O. The molecule has 0 spiro atoms. The number of nitrogens with zero attached hydrogens (tertiary/aromatic N) is 2. The van der Waals surface area contributed by atoms with Crippen LogP contribution in [-0.2, 0) is 0 Å². The molecule has 1 aromatic rings. The van der Waals surface area contributed by atoms with Gasteiger partial charge in [0, 0.05) is 25.3 Å². The Kier molecular flexibility index (Phi) is 4.12. The number of ether oxygens (including phenoxy) is 1. The smallest absolute Gasteiger partial charge is 0.119 e. The second-order valence-corrected chi connectivity index (χ2v) is 5.40. The lowest BCUT2D eigenvalue weighted by Crippen LogP contribution is -2.47. The van der Waals surface area contributed by atoms with Crippen molar-refractivity contribution >= 4 is 5.69 Å². The summed E-state index contributed by atoms with van der Waals surface area (Å²) in [6.45, 7) is 4.72. The van der Waals surface area contributed by atoms with E-state index in [2.05, 4.69) is 43.0 Å². The van der Waals surface area contributed by atoms with Crippen LogP contribution in [0.2, 0.25) is 0 Å². The van der Waals surface area contributed by atoms with Gasteiger partial charge in [-0.1, -0.05) is 6.92 Å². The van der Waals surface area contributed by atoms with Gasteiger partial charge in [-0.25, -0.2) is 0 Å². The topological polar surface area (TPSA) is 15.7 Å². The monoisotopic (exact) mass is 248 g/mol. The minimum absolute atomic E-state index is 0.634. The molecule has 2 rings (SSSR count). The van der Waals surface area contributed by atoms with Crippen molar-refractivity contribution in [1.29, 1.82) is 0 Å². The van der Waals surface area contributed by atoms with Crippen LogP contribution < -0.4 is 9.64 Å². The average Bonchev–Trinajstić information content (AvgIpc) is 2.38. The van der Waals surface area contributed by atoms with Crippen LogP contribution in [0, 0.1) is 5.92 Å². The Morgan fingerprint density at radius 1 is 1.28 bits per heavy atom. The Morgan fingerprint density at radius 3 is 2.50 bits per heavy atom. The Labute approximate surface area is 110 Å². The molecule has 1 heterocycles. The lowest BCUT2D eigenvalue weighted by Gasteiger charge is -2.41. The molecule has 1 aliphatic rings. The summed E-state index contributed by atoms with van der Waals surface area (Å²) >= 11 is 0. The summed E-state index contributed by atoms with van der Waals surface area (Å²) in [4.78, 5) is 4.83. The zero-order chi connectivity index (χ0) is 13.1. The molecule has 0 unspecified atom stereocenters. The summed E-state index contributed by atoms with van der Waals surface area (Å²) in [5, 5.41) is 0. The molecule has 18 heavy (non-hydrogen) atoms. The summed E-state index contributed by atoms with van der Waals surface area (Å²) in [6, 6.07) is 8.99. The maximum atomic E-state index is 5.20. The Morgan fingerprint density at radius 2 is 1.94 bits per heavy atom. The van der Waals surface area contributed by atoms with E-state index in [-0.39, 0.29) is 0 Å². The number of methoxy groups -OCH3 is 1. The van der Waals surface area contributed by atoms with Crippen molar-refractivity contribution in [3.05, 3.63) is 24.3 Å². The van der Waals surface area contributed by atoms with Gasteiger partial charge in [0.15, 0.2) is 0 Å². The minimum Gasteiger partial charge on any atom is -0.497 e. The van der Waals surface area contributed by atoms with Gasteiger partial charge < -0.3 is 14.5 Å². The standard InChI is InChI=1S/C15H24N2O/c1-12-11-16(2)10-9-15(12)17(3)13-5-7-14(18-4)8-6-13/h5-8,12,15H,9-11H2,1-4H3/t12-,15+/m0/s1. The summed E-state index contributed by atoms with van der Waals surface area (Å²) in [5.41, 5.74) is 1.28. The fraction of sp³-hybridized carbons (Fsp3) is 0.600. The van der Waals surface area contributed by atoms with Gasteiger partial charge in [0.2, 0.25) is 0 Å². The van der Waals surface area contributed by atoms with E-state index in [1.54, 1.807) is 7.11 Å². The summed E-state index contributed by atoms with van der Waals surface area (Å²) in [7, 11) is 6.12. The molecule has 3 heteroatoms. The van der Waals surface area contributed by atoms with Crippen LogP contribution in [0.25, 0.3) is 0 Å². The van der Waals surface area contributed by atoms with Crippen molar-refractivity contribution in [1.82, 2.24) is 4.90 Å². The van der Waals surface area contributed by atoms with Gasteiger partial charge in [-0.05, 0) is 50.2 Å². The number of benzene rings is 1. The first-order valence-electron chi connectivity index (χ1n) is 6.67. The third kappa shape index (κ3) is 2.78. The Hall–Kier alpha value is -1.22. The van der Waals surface area contributed by atoms with Crippen molar-refractivity contribution in [2.45, 2.75) is 19.4 Å². The fourth-order valence-electron chi connectivity index (χ4n) is 2.93. The van der Waals surface area contributed by atoms with Gasteiger partial charge in [0.1, 0.15) is 5.75 Å². The van der Waals surface area contributed by atoms with E-state index in [0.29, 0.717) is 12.0 Å². The highest BCUT2D eigenvalue weighted by Gasteiger charge is 2.27. The van der Waals surface area contributed by atoms with Crippen LogP contribution >= 0.6 is 0 Å². The molecule has 0 saturated carbocycles. The first-order chi connectivity index (χ1) is 8.61. The zero-order valence-electron chi connectivity index (χ0n) is 11.9. The van der Waals surface area contributed by atoms with Crippen LogP contribution in [0.4, 0.5) is 5.69 Å². The summed E-state index contributed by atoms with van der Waals surface area (Å²) in [6.07, 6.45) is 1.24. The van der Waals surface area contributed by atoms with E-state index in [4.69, 9.17) is 4.74 Å². The highest BCUT2D eigenvalue weighted by Crippen LogP contribution is 2.26. The second-order valence-electron chi connectivity index (χ2n) is 5.40. The normalized spacial score (nSPS) is 24.9. The van der Waals surface area contributed by atoms with Crippen LogP contribution in [0.5, 0.6) is 5.75 Å². The van der Waals surface area contributed by atoms with E-state index >= 15 is 0 Å². The predicted molar refractivity (Wildman–Crippen MR) is 76.5 cm³/mol. The molecule has 0 aromatic heterocycles. The van der Waals surface area contributed by atoms with Crippen molar-refractivity contribution in [3.8, 4) is 5.75 Å². The molecular weight excluding hydrogens is 224 g/mol. The van der Waals surface area contributed by atoms with Crippen LogP contribution in [-0.4, -0.2) is 45.2 Å². The summed E-state index contributed by atoms with van der Waals surface area (Å²) in [5.74, 6) is 1.62. The number of hydrogen-bond donors (Lipinski definition) is 0. The van der Waals surface area contributed by atoms with Crippen molar-refractivity contribution < 1.29 is 4.74 Å². The zero-order valence-corrected chi connectivity index (χ0v) is 11.9. The number of anilines is 1.